The van der Waals surface area contributed by atoms with Gasteiger partial charge in [-0.25, -0.2) is 0 Å². The van der Waals surface area contributed by atoms with E-state index in [1.165, 1.54) is 5.56 Å². The predicted molar refractivity (Wildman–Crippen MR) is 96.0 cm³/mol. The number of amides is 1. The van der Waals surface area contributed by atoms with Crippen molar-refractivity contribution in [3.05, 3.63) is 46.0 Å². The third kappa shape index (κ3) is 2.72. The maximum Gasteiger partial charge on any atom is 0.259 e. The number of para-hydroxylation sites is 2. The zero-order chi connectivity index (χ0) is 16.6. The van der Waals surface area contributed by atoms with E-state index in [-0.39, 0.29) is 5.91 Å². The molecule has 1 aromatic carbocycles. The number of aromatic nitrogens is 1. The third-order valence-corrected chi connectivity index (χ3v) is 5.19. The maximum absolute atomic E-state index is 12.8. The van der Waals surface area contributed by atoms with E-state index < -0.39 is 0 Å². The number of hydrogen-bond donors (Lipinski definition) is 2. The number of aryl methyl sites for hydroxylation is 3. The van der Waals surface area contributed by atoms with Crippen LogP contribution in [0.25, 0.3) is 10.2 Å². The molecule has 2 aromatic heterocycles. The van der Waals surface area contributed by atoms with Crippen LogP contribution < -0.4 is 10.1 Å². The van der Waals surface area contributed by atoms with E-state index in [0.29, 0.717) is 23.6 Å². The summed E-state index contributed by atoms with van der Waals surface area (Å²) in [6, 6.07) is 7.49. The Kier molecular flexibility index (Phi) is 4.13. The lowest BCUT2D eigenvalue weighted by atomic mass is 10.2. The average Bonchev–Trinajstić information content (AvgIpc) is 2.97. The minimum atomic E-state index is -0.109. The molecule has 0 radical (unpaired) electrons. The highest BCUT2D eigenvalue weighted by molar-refractivity contribution is 7.19. The predicted octanol–water partition coefficient (Wildman–Crippen LogP) is 4.81. The van der Waals surface area contributed by atoms with Crippen LogP contribution >= 0.6 is 11.3 Å². The van der Waals surface area contributed by atoms with Gasteiger partial charge in [0.1, 0.15) is 5.75 Å². The molecule has 23 heavy (non-hydrogen) atoms. The first-order valence-corrected chi connectivity index (χ1v) is 8.46. The highest BCUT2D eigenvalue weighted by Gasteiger charge is 2.21. The number of H-pyrrole nitrogens is 1. The van der Waals surface area contributed by atoms with Gasteiger partial charge >= 0.3 is 0 Å². The Hall–Kier alpha value is -2.27. The van der Waals surface area contributed by atoms with Crippen LogP contribution in [-0.4, -0.2) is 17.5 Å². The number of nitrogens with one attached hydrogen (secondary N) is 2. The Morgan fingerprint density at radius 3 is 2.74 bits per heavy atom. The SMILES string of the molecule is CCOc1ccccc1NC(=O)c1c(C)sc2c(C)c(C)[nH]c12. The summed E-state index contributed by atoms with van der Waals surface area (Å²) >= 11 is 1.66. The van der Waals surface area contributed by atoms with Crippen LogP contribution in [0.4, 0.5) is 5.69 Å². The second kappa shape index (κ2) is 6.08. The number of ether oxygens (including phenoxy) is 1. The van der Waals surface area contributed by atoms with E-state index >= 15 is 0 Å². The molecule has 0 saturated carbocycles. The number of anilines is 1. The van der Waals surface area contributed by atoms with Gasteiger partial charge in [0.15, 0.2) is 0 Å². The van der Waals surface area contributed by atoms with Gasteiger partial charge in [-0.05, 0) is 45.4 Å². The lowest BCUT2D eigenvalue weighted by Gasteiger charge is -2.11. The van der Waals surface area contributed by atoms with Crippen molar-refractivity contribution in [2.24, 2.45) is 0 Å². The van der Waals surface area contributed by atoms with Crippen LogP contribution in [0.2, 0.25) is 0 Å². The van der Waals surface area contributed by atoms with Gasteiger partial charge in [0.05, 0.1) is 28.1 Å². The summed E-state index contributed by atoms with van der Waals surface area (Å²) in [7, 11) is 0. The number of hydrogen-bond acceptors (Lipinski definition) is 3. The fourth-order valence-electron chi connectivity index (χ4n) is 2.69. The largest absolute Gasteiger partial charge is 0.492 e. The minimum Gasteiger partial charge on any atom is -0.492 e. The molecule has 0 saturated heterocycles. The summed E-state index contributed by atoms with van der Waals surface area (Å²) in [5.74, 6) is 0.577. The van der Waals surface area contributed by atoms with Crippen molar-refractivity contribution in [2.75, 3.05) is 11.9 Å². The van der Waals surface area contributed by atoms with E-state index in [2.05, 4.69) is 17.2 Å². The summed E-state index contributed by atoms with van der Waals surface area (Å²) in [6.45, 7) is 8.58. The van der Waals surface area contributed by atoms with Gasteiger partial charge in [-0.3, -0.25) is 4.79 Å². The summed E-state index contributed by atoms with van der Waals surface area (Å²) in [4.78, 5) is 17.2. The number of benzene rings is 1. The van der Waals surface area contributed by atoms with E-state index in [1.807, 2.05) is 45.0 Å². The van der Waals surface area contributed by atoms with Crippen molar-refractivity contribution < 1.29 is 9.53 Å². The van der Waals surface area contributed by atoms with Crippen molar-refractivity contribution in [2.45, 2.75) is 27.7 Å². The summed E-state index contributed by atoms with van der Waals surface area (Å²) in [5, 5.41) is 2.98. The molecule has 3 aromatic rings. The van der Waals surface area contributed by atoms with Crippen LogP contribution in [-0.2, 0) is 0 Å². The third-order valence-electron chi connectivity index (χ3n) is 3.96. The lowest BCUT2D eigenvalue weighted by molar-refractivity contribution is 0.102. The van der Waals surface area contributed by atoms with Crippen molar-refractivity contribution in [3.8, 4) is 5.75 Å². The number of fused-ring (bicyclic) bond motifs is 1. The molecule has 3 rings (SSSR count). The Balaban J connectivity index is 1.99. The molecule has 0 fully saturated rings. The van der Waals surface area contributed by atoms with Gasteiger partial charge < -0.3 is 15.0 Å². The highest BCUT2D eigenvalue weighted by atomic mass is 32.1. The van der Waals surface area contributed by atoms with Crippen LogP contribution in [0.3, 0.4) is 0 Å². The maximum atomic E-state index is 12.8. The number of rotatable bonds is 4. The number of thiophene rings is 1. The number of carbonyl (C=O) groups is 1. The molecule has 0 aliphatic carbocycles. The van der Waals surface area contributed by atoms with Gasteiger partial charge in [0, 0.05) is 10.6 Å². The van der Waals surface area contributed by atoms with Gasteiger partial charge in [0.2, 0.25) is 0 Å². The van der Waals surface area contributed by atoms with Crippen LogP contribution in [0, 0.1) is 20.8 Å². The first-order valence-electron chi connectivity index (χ1n) is 7.64. The summed E-state index contributed by atoms with van der Waals surface area (Å²) in [6.07, 6.45) is 0. The molecular formula is C18H20N2O2S. The van der Waals surface area contributed by atoms with Crippen molar-refractivity contribution in [1.82, 2.24) is 4.98 Å². The highest BCUT2D eigenvalue weighted by Crippen LogP contribution is 2.35. The molecule has 0 aliphatic rings. The molecule has 0 atom stereocenters. The first-order chi connectivity index (χ1) is 11.0. The monoisotopic (exact) mass is 328 g/mol. The second-order valence-electron chi connectivity index (χ2n) is 5.50. The fourth-order valence-corrected chi connectivity index (χ4v) is 3.85. The molecule has 120 valence electrons. The zero-order valence-corrected chi connectivity index (χ0v) is 14.6. The number of aromatic amines is 1. The Labute approximate surface area is 139 Å². The van der Waals surface area contributed by atoms with Crippen molar-refractivity contribution in [3.63, 3.8) is 0 Å². The second-order valence-corrected chi connectivity index (χ2v) is 6.72. The van der Waals surface area contributed by atoms with Crippen molar-refractivity contribution >= 4 is 33.1 Å². The van der Waals surface area contributed by atoms with Crippen molar-refractivity contribution in [1.29, 1.82) is 0 Å². The van der Waals surface area contributed by atoms with Crippen LogP contribution in [0.5, 0.6) is 5.75 Å². The Morgan fingerprint density at radius 2 is 2.00 bits per heavy atom. The van der Waals surface area contributed by atoms with E-state index in [0.717, 1.165) is 20.8 Å². The van der Waals surface area contributed by atoms with Crippen LogP contribution in [0.15, 0.2) is 24.3 Å². The Morgan fingerprint density at radius 1 is 1.26 bits per heavy atom. The molecule has 2 heterocycles. The molecule has 2 N–H and O–H groups in total. The quantitative estimate of drug-likeness (QED) is 0.722. The topological polar surface area (TPSA) is 54.1 Å². The molecule has 0 bridgehead atoms. The van der Waals surface area contributed by atoms with E-state index in [4.69, 9.17) is 4.74 Å². The molecule has 0 spiro atoms. The van der Waals surface area contributed by atoms with E-state index in [9.17, 15) is 4.79 Å². The zero-order valence-electron chi connectivity index (χ0n) is 13.7. The standard InChI is InChI=1S/C18H20N2O2S/c1-5-22-14-9-7-6-8-13(14)20-18(21)15-12(4)23-17-10(2)11(3)19-16(15)17/h6-9,19H,5H2,1-4H3,(H,20,21). The molecule has 4 nitrogen and oxygen atoms in total. The lowest BCUT2D eigenvalue weighted by Crippen LogP contribution is -2.13. The van der Waals surface area contributed by atoms with Crippen LogP contribution in [0.1, 0.15) is 33.4 Å². The fraction of sp³-hybridized carbons (Fsp3) is 0.278. The van der Waals surface area contributed by atoms with E-state index in [1.54, 1.807) is 11.3 Å². The van der Waals surface area contributed by atoms with Gasteiger partial charge in [-0.2, -0.15) is 0 Å². The molecule has 1 amide bonds. The van der Waals surface area contributed by atoms with Gasteiger partial charge in [0.25, 0.3) is 5.91 Å². The molecule has 5 heteroatoms. The molecule has 0 unspecified atom stereocenters. The molecule has 0 aliphatic heterocycles. The number of carbonyl (C=O) groups excluding carboxylic acids is 1. The average molecular weight is 328 g/mol. The minimum absolute atomic E-state index is 0.109. The molecular weight excluding hydrogens is 308 g/mol. The smallest absolute Gasteiger partial charge is 0.259 e. The first kappa shape index (κ1) is 15.6. The summed E-state index contributed by atoms with van der Waals surface area (Å²) < 4.78 is 6.73. The Bertz CT molecular complexity index is 877. The van der Waals surface area contributed by atoms with Gasteiger partial charge in [-0.1, -0.05) is 12.1 Å². The normalized spacial score (nSPS) is 11.0. The van der Waals surface area contributed by atoms with Gasteiger partial charge in [-0.15, -0.1) is 11.3 Å². The summed E-state index contributed by atoms with van der Waals surface area (Å²) in [5.41, 5.74) is 4.65.